The molecule has 0 aromatic carbocycles. The number of hydrogen-bond acceptors (Lipinski definition) is 4. The molecule has 2 N–H and O–H groups in total. The number of aryl methyl sites for hydroxylation is 1. The smallest absolute Gasteiger partial charge is 0.331 e. The quantitative estimate of drug-likeness (QED) is 0.908. The van der Waals surface area contributed by atoms with Crippen molar-refractivity contribution in [3.8, 4) is 0 Å². The van der Waals surface area contributed by atoms with E-state index >= 15 is 0 Å². The molecule has 0 fully saturated rings. The summed E-state index contributed by atoms with van der Waals surface area (Å²) in [6.45, 7) is 2.63. The molecule has 0 aliphatic rings. The van der Waals surface area contributed by atoms with Crippen molar-refractivity contribution in [2.24, 2.45) is 0 Å². The summed E-state index contributed by atoms with van der Waals surface area (Å²) in [6, 6.07) is 1.81. The molecular weight excluding hydrogens is 324 g/mol. The molecule has 0 bridgehead atoms. The van der Waals surface area contributed by atoms with E-state index in [1.165, 1.54) is 10.8 Å². The van der Waals surface area contributed by atoms with Gasteiger partial charge >= 0.3 is 5.69 Å². The van der Waals surface area contributed by atoms with Crippen LogP contribution < -0.4 is 17.0 Å². The van der Waals surface area contributed by atoms with E-state index in [9.17, 15) is 9.59 Å². The summed E-state index contributed by atoms with van der Waals surface area (Å²) in [7, 11) is 0. The fourth-order valence-electron chi connectivity index (χ4n) is 1.94. The summed E-state index contributed by atoms with van der Waals surface area (Å²) in [4.78, 5) is 28.3. The van der Waals surface area contributed by atoms with Gasteiger partial charge in [-0.15, -0.1) is 0 Å². The first-order valence-electron chi connectivity index (χ1n) is 6.22. The fraction of sp³-hybridized carbons (Fsp3) is 0.308. The minimum atomic E-state index is -0.470. The number of nitrogens with zero attached hydrogens (tertiary/aromatic N) is 3. The van der Waals surface area contributed by atoms with Gasteiger partial charge in [0.25, 0.3) is 5.56 Å². The van der Waals surface area contributed by atoms with Crippen LogP contribution in [0.3, 0.4) is 0 Å². The zero-order chi connectivity index (χ0) is 14.7. The third kappa shape index (κ3) is 2.98. The molecule has 6 nitrogen and oxygen atoms in total. The first kappa shape index (κ1) is 14.5. The van der Waals surface area contributed by atoms with E-state index in [-0.39, 0.29) is 17.9 Å². The minimum absolute atomic E-state index is 0.0704. The Morgan fingerprint density at radius 1 is 1.35 bits per heavy atom. The molecule has 0 atom stereocenters. The van der Waals surface area contributed by atoms with Crippen LogP contribution in [0.15, 0.2) is 38.7 Å². The van der Waals surface area contributed by atoms with E-state index in [0.717, 1.165) is 21.0 Å². The van der Waals surface area contributed by atoms with Gasteiger partial charge in [-0.3, -0.25) is 18.9 Å². The number of nitrogens with two attached hydrogens (primary N) is 1. The molecule has 2 aromatic heterocycles. The normalized spacial score (nSPS) is 10.7. The first-order valence-corrected chi connectivity index (χ1v) is 7.01. The van der Waals surface area contributed by atoms with E-state index in [2.05, 4.69) is 20.9 Å². The predicted molar refractivity (Wildman–Crippen MR) is 80.7 cm³/mol. The number of nitrogen functional groups attached to an aromatic ring is 1. The molecular formula is C13H15BrN4O2. The maximum Gasteiger partial charge on any atom is 0.331 e. The lowest BCUT2D eigenvalue weighted by molar-refractivity contribution is 0.573. The molecule has 2 aromatic rings. The zero-order valence-electron chi connectivity index (χ0n) is 11.0. The van der Waals surface area contributed by atoms with Crippen molar-refractivity contribution in [2.45, 2.75) is 26.4 Å². The number of hydrogen-bond donors (Lipinski definition) is 1. The van der Waals surface area contributed by atoms with Gasteiger partial charge in [-0.2, -0.15) is 0 Å². The highest BCUT2D eigenvalue weighted by atomic mass is 79.9. The second kappa shape index (κ2) is 6.04. The number of anilines is 1. The highest BCUT2D eigenvalue weighted by Crippen LogP contribution is 2.09. The van der Waals surface area contributed by atoms with E-state index in [0.29, 0.717) is 6.54 Å². The van der Waals surface area contributed by atoms with Gasteiger partial charge in [0, 0.05) is 29.6 Å². The molecule has 2 rings (SSSR count). The van der Waals surface area contributed by atoms with E-state index < -0.39 is 5.56 Å². The molecule has 0 aliphatic heterocycles. The Labute approximate surface area is 124 Å². The Bertz CT molecular complexity index is 736. The summed E-state index contributed by atoms with van der Waals surface area (Å²) >= 11 is 3.31. The fourth-order valence-corrected chi connectivity index (χ4v) is 2.35. The van der Waals surface area contributed by atoms with Gasteiger partial charge in [0.15, 0.2) is 0 Å². The Morgan fingerprint density at radius 3 is 2.75 bits per heavy atom. The van der Waals surface area contributed by atoms with Crippen LogP contribution in [-0.4, -0.2) is 14.1 Å². The number of halogens is 1. The lowest BCUT2D eigenvalue weighted by atomic mass is 10.3. The Morgan fingerprint density at radius 2 is 2.10 bits per heavy atom. The third-order valence-corrected chi connectivity index (χ3v) is 3.26. The van der Waals surface area contributed by atoms with Crippen LogP contribution in [0.1, 0.15) is 18.9 Å². The number of rotatable bonds is 4. The number of aromatic nitrogens is 3. The number of pyridine rings is 1. The van der Waals surface area contributed by atoms with Crippen molar-refractivity contribution in [3.63, 3.8) is 0 Å². The van der Waals surface area contributed by atoms with Crippen LogP contribution in [0.5, 0.6) is 0 Å². The van der Waals surface area contributed by atoms with Gasteiger partial charge in [0.1, 0.15) is 5.69 Å². The van der Waals surface area contributed by atoms with Gasteiger partial charge in [-0.25, -0.2) is 4.79 Å². The summed E-state index contributed by atoms with van der Waals surface area (Å²) in [6.07, 6.45) is 5.45. The topological polar surface area (TPSA) is 82.9 Å². The van der Waals surface area contributed by atoms with Crippen molar-refractivity contribution < 1.29 is 0 Å². The molecule has 0 spiro atoms. The Kier molecular flexibility index (Phi) is 4.39. The van der Waals surface area contributed by atoms with Gasteiger partial charge in [-0.05, 0) is 34.0 Å². The first-order chi connectivity index (χ1) is 9.52. The van der Waals surface area contributed by atoms with Crippen LogP contribution in [-0.2, 0) is 13.1 Å². The van der Waals surface area contributed by atoms with Crippen LogP contribution in [0.4, 0.5) is 5.69 Å². The molecule has 0 unspecified atom stereocenters. The maximum absolute atomic E-state index is 12.3. The molecule has 7 heteroatoms. The Balaban J connectivity index is 2.51. The van der Waals surface area contributed by atoms with Crippen molar-refractivity contribution in [2.75, 3.05) is 5.73 Å². The van der Waals surface area contributed by atoms with Crippen molar-refractivity contribution in [3.05, 3.63) is 55.5 Å². The molecule has 20 heavy (non-hydrogen) atoms. The minimum Gasteiger partial charge on any atom is -0.393 e. The Hall–Kier alpha value is -1.89. The van der Waals surface area contributed by atoms with Gasteiger partial charge < -0.3 is 5.73 Å². The lowest BCUT2D eigenvalue weighted by Crippen LogP contribution is -2.40. The summed E-state index contributed by atoms with van der Waals surface area (Å²) in [5, 5.41) is 0. The monoisotopic (exact) mass is 338 g/mol. The van der Waals surface area contributed by atoms with Crippen LogP contribution in [0.25, 0.3) is 0 Å². The molecule has 0 radical (unpaired) electrons. The standard InChI is InChI=1S/C13H15BrN4O2/c1-2-3-17-8-11(15)12(19)18(13(17)20)7-9-4-10(14)6-16-5-9/h4-6,8H,2-3,7,15H2,1H3. The zero-order valence-corrected chi connectivity index (χ0v) is 12.6. The van der Waals surface area contributed by atoms with Crippen LogP contribution in [0, 0.1) is 0 Å². The molecule has 0 saturated heterocycles. The third-order valence-electron chi connectivity index (χ3n) is 2.83. The van der Waals surface area contributed by atoms with Crippen molar-refractivity contribution in [1.82, 2.24) is 14.1 Å². The summed E-state index contributed by atoms with van der Waals surface area (Å²) in [5.74, 6) is 0. The maximum atomic E-state index is 12.3. The highest BCUT2D eigenvalue weighted by Gasteiger charge is 2.10. The molecule has 2 heterocycles. The lowest BCUT2D eigenvalue weighted by Gasteiger charge is -2.10. The molecule has 0 amide bonds. The molecule has 0 saturated carbocycles. The van der Waals surface area contributed by atoms with Crippen molar-refractivity contribution >= 4 is 21.6 Å². The molecule has 106 valence electrons. The van der Waals surface area contributed by atoms with Crippen molar-refractivity contribution in [1.29, 1.82) is 0 Å². The largest absolute Gasteiger partial charge is 0.393 e. The predicted octanol–water partition coefficient (Wildman–Crippen LogP) is 1.21. The van der Waals surface area contributed by atoms with E-state index in [4.69, 9.17) is 5.73 Å². The highest BCUT2D eigenvalue weighted by molar-refractivity contribution is 9.10. The van der Waals surface area contributed by atoms with Crippen LogP contribution >= 0.6 is 15.9 Å². The SMILES string of the molecule is CCCn1cc(N)c(=O)n(Cc2cncc(Br)c2)c1=O. The van der Waals surface area contributed by atoms with E-state index in [1.807, 2.05) is 13.0 Å². The average Bonchev–Trinajstić information content (AvgIpc) is 2.41. The average molecular weight is 339 g/mol. The second-order valence-electron chi connectivity index (χ2n) is 4.46. The van der Waals surface area contributed by atoms with E-state index in [1.54, 1.807) is 12.4 Å². The summed E-state index contributed by atoms with van der Waals surface area (Å²) < 4.78 is 3.39. The molecule has 0 aliphatic carbocycles. The van der Waals surface area contributed by atoms with Crippen LogP contribution in [0.2, 0.25) is 0 Å². The van der Waals surface area contributed by atoms with Gasteiger partial charge in [-0.1, -0.05) is 6.92 Å². The van der Waals surface area contributed by atoms with Gasteiger partial charge in [0.2, 0.25) is 0 Å². The summed E-state index contributed by atoms with van der Waals surface area (Å²) in [5.41, 5.74) is 5.69. The second-order valence-corrected chi connectivity index (χ2v) is 5.38. The van der Waals surface area contributed by atoms with Gasteiger partial charge in [0.05, 0.1) is 6.54 Å².